The van der Waals surface area contributed by atoms with Crippen molar-refractivity contribution in [2.24, 2.45) is 5.41 Å². The van der Waals surface area contributed by atoms with E-state index in [1.807, 2.05) is 32.5 Å². The average Bonchev–Trinajstić information content (AvgIpc) is 3.36. The van der Waals surface area contributed by atoms with Crippen molar-refractivity contribution in [1.29, 1.82) is 0 Å². The number of carbonyl (C=O) groups excluding carboxylic acids is 2. The van der Waals surface area contributed by atoms with Gasteiger partial charge in [0.2, 0.25) is 0 Å². The second-order valence-electron chi connectivity index (χ2n) is 8.91. The van der Waals surface area contributed by atoms with Crippen LogP contribution in [0.2, 0.25) is 0 Å². The lowest BCUT2D eigenvalue weighted by atomic mass is 9.63. The molecule has 1 aliphatic carbocycles. The molecular formula is C25H32N2O4S. The van der Waals surface area contributed by atoms with Crippen LogP contribution in [0.25, 0.3) is 0 Å². The molecule has 7 heteroatoms. The summed E-state index contributed by atoms with van der Waals surface area (Å²) in [5.74, 6) is 2.68. The van der Waals surface area contributed by atoms with E-state index in [1.54, 1.807) is 6.07 Å². The maximum Gasteiger partial charge on any atom is 0.407 e. The molecule has 1 saturated carbocycles. The Balaban J connectivity index is 1.51. The van der Waals surface area contributed by atoms with E-state index in [0.717, 1.165) is 37.2 Å². The highest BCUT2D eigenvalue weighted by Gasteiger charge is 2.46. The number of rotatable bonds is 6. The zero-order valence-electron chi connectivity index (χ0n) is 19.0. The van der Waals surface area contributed by atoms with E-state index in [2.05, 4.69) is 34.9 Å². The summed E-state index contributed by atoms with van der Waals surface area (Å²) in [5.41, 5.74) is 1.92. The number of hydrogen-bond donors (Lipinski definition) is 2. The summed E-state index contributed by atoms with van der Waals surface area (Å²) in [7, 11) is 0. The summed E-state index contributed by atoms with van der Waals surface area (Å²) in [4.78, 5) is 26.2. The van der Waals surface area contributed by atoms with Gasteiger partial charge in [-0.25, -0.2) is 4.79 Å². The normalized spacial score (nSPS) is 24.6. The molecule has 2 heterocycles. The van der Waals surface area contributed by atoms with Crippen molar-refractivity contribution >= 4 is 23.8 Å². The lowest BCUT2D eigenvalue weighted by Gasteiger charge is -2.44. The van der Waals surface area contributed by atoms with Gasteiger partial charge in [-0.1, -0.05) is 18.2 Å². The minimum atomic E-state index is -0.342. The molecule has 32 heavy (non-hydrogen) atoms. The molecule has 2 amide bonds. The van der Waals surface area contributed by atoms with Gasteiger partial charge in [0.1, 0.15) is 17.6 Å². The van der Waals surface area contributed by atoms with Gasteiger partial charge < -0.3 is 19.8 Å². The Morgan fingerprint density at radius 3 is 2.62 bits per heavy atom. The number of ether oxygens (including phenoxy) is 1. The molecule has 6 nitrogen and oxygen atoms in total. The number of benzene rings is 1. The van der Waals surface area contributed by atoms with Crippen molar-refractivity contribution in [3.63, 3.8) is 0 Å². The monoisotopic (exact) mass is 456 g/mol. The summed E-state index contributed by atoms with van der Waals surface area (Å²) >= 11 is 1.90. The number of alkyl carbamates (subject to hydrolysis) is 1. The number of fused-ring (bicyclic) bond motifs is 1. The van der Waals surface area contributed by atoms with Gasteiger partial charge in [0.15, 0.2) is 0 Å². The van der Waals surface area contributed by atoms with Crippen LogP contribution in [0.1, 0.15) is 66.0 Å². The van der Waals surface area contributed by atoms with Crippen LogP contribution in [0, 0.1) is 19.3 Å². The van der Waals surface area contributed by atoms with Crippen LogP contribution in [-0.2, 0) is 4.74 Å². The van der Waals surface area contributed by atoms with Gasteiger partial charge in [0, 0.05) is 29.7 Å². The van der Waals surface area contributed by atoms with Crippen LogP contribution in [0.3, 0.4) is 0 Å². The summed E-state index contributed by atoms with van der Waals surface area (Å²) in [6.45, 7) is 6.72. The second-order valence-corrected chi connectivity index (χ2v) is 9.97. The third-order valence-electron chi connectivity index (χ3n) is 6.85. The first kappa shape index (κ1) is 22.8. The minimum absolute atomic E-state index is 0.0664. The summed E-state index contributed by atoms with van der Waals surface area (Å²) in [6.07, 6.45) is 3.00. The third kappa shape index (κ3) is 4.68. The first-order valence-corrected chi connectivity index (χ1v) is 12.4. The standard InChI is InChI=1S/C25H32N2O4S/c1-4-26-24(29)31-18-9-11-25(12-10-18,21-14-32-22-8-6-5-7-19(21)22)15-27-23(28)20-13-16(2)30-17(20)3/h5-8,13,18,21H,4,9-12,14-15H2,1-3H3,(H,26,29)(H,27,28)/t18-,21?,25-. The lowest BCUT2D eigenvalue weighted by molar-refractivity contribution is 0.0294. The molecule has 2 aliphatic rings. The van der Waals surface area contributed by atoms with Gasteiger partial charge in [-0.3, -0.25) is 4.79 Å². The fourth-order valence-electron chi connectivity index (χ4n) is 5.15. The number of aryl methyl sites for hydroxylation is 2. The maximum atomic E-state index is 13.0. The van der Waals surface area contributed by atoms with E-state index in [0.29, 0.717) is 30.3 Å². The average molecular weight is 457 g/mol. The molecule has 0 saturated heterocycles. The largest absolute Gasteiger partial charge is 0.466 e. The Labute approximate surface area is 193 Å². The molecule has 1 aromatic heterocycles. The molecule has 0 bridgehead atoms. The number of amides is 2. The van der Waals surface area contributed by atoms with E-state index >= 15 is 0 Å². The fourth-order valence-corrected chi connectivity index (χ4v) is 6.58. The van der Waals surface area contributed by atoms with Crippen molar-refractivity contribution in [3.8, 4) is 0 Å². The number of hydrogen-bond acceptors (Lipinski definition) is 5. The smallest absolute Gasteiger partial charge is 0.407 e. The molecule has 0 spiro atoms. The van der Waals surface area contributed by atoms with E-state index in [9.17, 15) is 9.59 Å². The molecule has 1 aromatic carbocycles. The van der Waals surface area contributed by atoms with Gasteiger partial charge in [-0.15, -0.1) is 11.8 Å². The van der Waals surface area contributed by atoms with Crippen LogP contribution in [0.5, 0.6) is 0 Å². The fraction of sp³-hybridized carbons (Fsp3) is 0.520. The highest BCUT2D eigenvalue weighted by Crippen LogP contribution is 2.54. The Morgan fingerprint density at radius 1 is 1.19 bits per heavy atom. The Hall–Kier alpha value is -2.41. The molecule has 1 fully saturated rings. The van der Waals surface area contributed by atoms with E-state index in [-0.39, 0.29) is 23.5 Å². The van der Waals surface area contributed by atoms with Crippen molar-refractivity contribution in [1.82, 2.24) is 10.6 Å². The number of carbonyl (C=O) groups is 2. The zero-order chi connectivity index (χ0) is 22.7. The van der Waals surface area contributed by atoms with Crippen LogP contribution >= 0.6 is 11.8 Å². The number of thioether (sulfide) groups is 1. The maximum absolute atomic E-state index is 13.0. The Morgan fingerprint density at radius 2 is 1.94 bits per heavy atom. The quantitative estimate of drug-likeness (QED) is 0.625. The molecule has 4 rings (SSSR count). The highest BCUT2D eigenvalue weighted by molar-refractivity contribution is 7.99. The number of furan rings is 1. The Bertz CT molecular complexity index is 978. The molecule has 0 radical (unpaired) electrons. The highest BCUT2D eigenvalue weighted by atomic mass is 32.2. The molecule has 1 aliphatic heterocycles. The van der Waals surface area contributed by atoms with Gasteiger partial charge in [-0.2, -0.15) is 0 Å². The molecule has 2 N–H and O–H groups in total. The predicted molar refractivity (Wildman–Crippen MR) is 125 cm³/mol. The number of nitrogens with one attached hydrogen (secondary N) is 2. The molecule has 172 valence electrons. The summed E-state index contributed by atoms with van der Waals surface area (Å²) < 4.78 is 11.2. The van der Waals surface area contributed by atoms with Crippen molar-refractivity contribution in [2.75, 3.05) is 18.8 Å². The SMILES string of the molecule is CCNC(=O)O[C@H]1CC[C@](CNC(=O)c2cc(C)oc2C)(C2CSc3ccccc32)CC1. The van der Waals surface area contributed by atoms with Crippen molar-refractivity contribution in [3.05, 3.63) is 53.0 Å². The predicted octanol–water partition coefficient (Wildman–Crippen LogP) is 5.19. The Kier molecular flexibility index (Phi) is 6.84. The molecule has 1 unspecified atom stereocenters. The van der Waals surface area contributed by atoms with E-state index in [4.69, 9.17) is 9.15 Å². The second kappa shape index (κ2) is 9.61. The molecular weight excluding hydrogens is 424 g/mol. The van der Waals surface area contributed by atoms with Crippen LogP contribution < -0.4 is 10.6 Å². The van der Waals surface area contributed by atoms with Crippen LogP contribution in [0.15, 0.2) is 39.6 Å². The van der Waals surface area contributed by atoms with Gasteiger partial charge in [-0.05, 0) is 69.6 Å². The van der Waals surface area contributed by atoms with Crippen LogP contribution in [-0.4, -0.2) is 36.9 Å². The minimum Gasteiger partial charge on any atom is -0.466 e. The van der Waals surface area contributed by atoms with E-state index < -0.39 is 0 Å². The van der Waals surface area contributed by atoms with Crippen molar-refractivity contribution in [2.45, 2.75) is 63.4 Å². The zero-order valence-corrected chi connectivity index (χ0v) is 19.8. The van der Waals surface area contributed by atoms with E-state index in [1.165, 1.54) is 10.5 Å². The first-order valence-electron chi connectivity index (χ1n) is 11.4. The van der Waals surface area contributed by atoms with Crippen molar-refractivity contribution < 1.29 is 18.7 Å². The van der Waals surface area contributed by atoms with Gasteiger partial charge in [0.25, 0.3) is 5.91 Å². The van der Waals surface area contributed by atoms with Crippen LogP contribution in [0.4, 0.5) is 4.79 Å². The molecule has 1 atom stereocenters. The summed E-state index contributed by atoms with van der Waals surface area (Å²) in [5, 5.41) is 5.94. The summed E-state index contributed by atoms with van der Waals surface area (Å²) in [6, 6.07) is 10.4. The first-order chi connectivity index (χ1) is 15.4. The molecule has 2 aromatic rings. The third-order valence-corrected chi connectivity index (χ3v) is 8.03. The van der Waals surface area contributed by atoms with Gasteiger partial charge in [0.05, 0.1) is 5.56 Å². The lowest BCUT2D eigenvalue weighted by Crippen LogP contribution is -2.46. The topological polar surface area (TPSA) is 80.6 Å². The van der Waals surface area contributed by atoms with Gasteiger partial charge >= 0.3 is 6.09 Å².